The van der Waals surface area contributed by atoms with E-state index in [0.29, 0.717) is 11.6 Å². The number of rotatable bonds is 8. The molecular weight excluding hydrogens is 388 g/mol. The zero-order valence-corrected chi connectivity index (χ0v) is 17.4. The highest BCUT2D eigenvalue weighted by molar-refractivity contribution is 6.80. The van der Waals surface area contributed by atoms with Gasteiger partial charge in [-0.1, -0.05) is 84.4 Å². The Morgan fingerprint density at radius 1 is 0.893 bits per heavy atom. The van der Waals surface area contributed by atoms with Crippen molar-refractivity contribution in [1.29, 1.82) is 0 Å². The van der Waals surface area contributed by atoms with Crippen LogP contribution >= 0.6 is 11.6 Å². The summed E-state index contributed by atoms with van der Waals surface area (Å²) in [6.45, 7) is 2.15. The van der Waals surface area contributed by atoms with E-state index in [1.165, 1.54) is 0 Å². The van der Waals surface area contributed by atoms with Crippen LogP contribution in [0.4, 0.5) is 0 Å². The number of hydrogen-bond acceptors (Lipinski definition) is 3. The molecule has 0 spiro atoms. The van der Waals surface area contributed by atoms with Gasteiger partial charge < -0.3 is 9.16 Å². The normalized spacial score (nSPS) is 12.0. The molecule has 0 aliphatic carbocycles. The standard InChI is InChI=1S/C23H22ClO3Si/c1-2-26-23(25)17-22(18-13-15-19(24)16-14-18)27-28(20-9-5-3-6-10-20)21-11-7-4-8-12-21/h3-16,22H,2,17H2,1H3/t22-/m0/s1. The fraction of sp³-hybridized carbons (Fsp3) is 0.174. The fourth-order valence-corrected chi connectivity index (χ4v) is 5.13. The van der Waals surface area contributed by atoms with Gasteiger partial charge in [-0.2, -0.15) is 0 Å². The third-order valence-electron chi connectivity index (χ3n) is 4.23. The molecule has 1 atom stereocenters. The number of carbonyl (C=O) groups is 1. The predicted octanol–water partition coefficient (Wildman–Crippen LogP) is 4.16. The number of benzene rings is 3. The van der Waals surface area contributed by atoms with Crippen LogP contribution in [0.3, 0.4) is 0 Å². The molecule has 0 unspecified atom stereocenters. The average Bonchev–Trinajstić information content (AvgIpc) is 2.73. The average molecular weight is 410 g/mol. The van der Waals surface area contributed by atoms with Crippen molar-refractivity contribution in [3.8, 4) is 0 Å². The van der Waals surface area contributed by atoms with Crippen LogP contribution in [0.5, 0.6) is 0 Å². The molecule has 3 aromatic rings. The zero-order valence-electron chi connectivity index (χ0n) is 15.7. The Kier molecular flexibility index (Phi) is 7.43. The Morgan fingerprint density at radius 3 is 1.93 bits per heavy atom. The van der Waals surface area contributed by atoms with Crippen LogP contribution in [0.2, 0.25) is 5.02 Å². The molecule has 0 heterocycles. The van der Waals surface area contributed by atoms with Gasteiger partial charge >= 0.3 is 5.97 Å². The van der Waals surface area contributed by atoms with Crippen LogP contribution < -0.4 is 10.4 Å². The molecule has 0 saturated heterocycles. The highest BCUT2D eigenvalue weighted by atomic mass is 35.5. The highest BCUT2D eigenvalue weighted by Gasteiger charge is 2.26. The maximum atomic E-state index is 12.2. The molecule has 3 rings (SSSR count). The van der Waals surface area contributed by atoms with E-state index in [1.807, 2.05) is 60.7 Å². The molecule has 0 saturated carbocycles. The summed E-state index contributed by atoms with van der Waals surface area (Å²) in [6.07, 6.45) is -0.255. The summed E-state index contributed by atoms with van der Waals surface area (Å²) in [7, 11) is -1.56. The van der Waals surface area contributed by atoms with Gasteiger partial charge in [0.15, 0.2) is 0 Å². The second-order valence-corrected chi connectivity index (χ2v) is 8.71. The number of esters is 1. The Bertz CT molecular complexity index is 830. The lowest BCUT2D eigenvalue weighted by Gasteiger charge is -2.24. The van der Waals surface area contributed by atoms with Gasteiger partial charge in [-0.05, 0) is 35.0 Å². The lowest BCUT2D eigenvalue weighted by atomic mass is 10.1. The number of carbonyl (C=O) groups excluding carboxylic acids is 1. The summed E-state index contributed by atoms with van der Waals surface area (Å²) in [5.74, 6) is -0.273. The van der Waals surface area contributed by atoms with E-state index in [0.717, 1.165) is 15.9 Å². The summed E-state index contributed by atoms with van der Waals surface area (Å²) < 4.78 is 11.8. The first-order valence-electron chi connectivity index (χ1n) is 9.23. The summed E-state index contributed by atoms with van der Waals surface area (Å²) in [5, 5.41) is 2.90. The minimum atomic E-state index is -1.56. The topological polar surface area (TPSA) is 35.5 Å². The molecular formula is C23H22ClO3Si. The van der Waals surface area contributed by atoms with Gasteiger partial charge in [-0.3, -0.25) is 4.79 Å². The van der Waals surface area contributed by atoms with E-state index in [9.17, 15) is 4.79 Å². The lowest BCUT2D eigenvalue weighted by molar-refractivity contribution is -0.145. The predicted molar refractivity (Wildman–Crippen MR) is 114 cm³/mol. The molecule has 0 amide bonds. The van der Waals surface area contributed by atoms with E-state index in [4.69, 9.17) is 20.8 Å². The quantitative estimate of drug-likeness (QED) is 0.414. The SMILES string of the molecule is CCOC(=O)C[C@H](O[Si](c1ccccc1)c1ccccc1)c1ccc(Cl)cc1. The smallest absolute Gasteiger partial charge is 0.308 e. The van der Waals surface area contributed by atoms with Crippen LogP contribution in [0, 0.1) is 0 Å². The largest absolute Gasteiger partial charge is 0.466 e. The summed E-state index contributed by atoms with van der Waals surface area (Å²) in [6, 6.07) is 27.7. The van der Waals surface area contributed by atoms with Crippen LogP contribution in [-0.2, 0) is 14.0 Å². The van der Waals surface area contributed by atoms with E-state index >= 15 is 0 Å². The first kappa shape index (κ1) is 20.3. The van der Waals surface area contributed by atoms with Crippen molar-refractivity contribution in [2.24, 2.45) is 0 Å². The Hall–Kier alpha value is -2.40. The van der Waals surface area contributed by atoms with Crippen molar-refractivity contribution in [2.45, 2.75) is 19.4 Å². The van der Waals surface area contributed by atoms with Crippen molar-refractivity contribution >= 4 is 37.0 Å². The van der Waals surface area contributed by atoms with Gasteiger partial charge in [0.2, 0.25) is 0 Å². The molecule has 143 valence electrons. The van der Waals surface area contributed by atoms with Gasteiger partial charge in [-0.25, -0.2) is 0 Å². The van der Waals surface area contributed by atoms with Crippen molar-refractivity contribution in [1.82, 2.24) is 0 Å². The van der Waals surface area contributed by atoms with Crippen molar-refractivity contribution in [2.75, 3.05) is 6.61 Å². The van der Waals surface area contributed by atoms with E-state index in [1.54, 1.807) is 6.92 Å². The van der Waals surface area contributed by atoms with Gasteiger partial charge in [0.25, 0.3) is 9.04 Å². The first-order chi connectivity index (χ1) is 13.7. The third-order valence-corrected chi connectivity index (χ3v) is 6.72. The number of ether oxygens (including phenoxy) is 1. The molecule has 5 heteroatoms. The Morgan fingerprint density at radius 2 is 1.43 bits per heavy atom. The van der Waals surface area contributed by atoms with Gasteiger partial charge in [0.1, 0.15) is 0 Å². The lowest BCUT2D eigenvalue weighted by Crippen LogP contribution is -2.46. The summed E-state index contributed by atoms with van der Waals surface area (Å²) in [5.41, 5.74) is 0.909. The monoisotopic (exact) mass is 409 g/mol. The van der Waals surface area contributed by atoms with E-state index in [-0.39, 0.29) is 12.4 Å². The highest BCUT2D eigenvalue weighted by Crippen LogP contribution is 2.24. The molecule has 0 aliphatic rings. The second kappa shape index (κ2) is 10.2. The van der Waals surface area contributed by atoms with Crippen LogP contribution in [0.15, 0.2) is 84.9 Å². The van der Waals surface area contributed by atoms with Gasteiger partial charge in [-0.15, -0.1) is 0 Å². The van der Waals surface area contributed by atoms with E-state index < -0.39 is 15.1 Å². The molecule has 0 fully saturated rings. The fourth-order valence-electron chi connectivity index (χ4n) is 2.90. The third kappa shape index (κ3) is 5.55. The van der Waals surface area contributed by atoms with Gasteiger partial charge in [0.05, 0.1) is 19.1 Å². The minimum absolute atomic E-state index is 0.156. The Balaban J connectivity index is 1.94. The molecule has 3 nitrogen and oxygen atoms in total. The van der Waals surface area contributed by atoms with E-state index in [2.05, 4.69) is 24.3 Å². The first-order valence-corrected chi connectivity index (χ1v) is 11.0. The molecule has 1 radical (unpaired) electrons. The molecule has 0 N–H and O–H groups in total. The molecule has 28 heavy (non-hydrogen) atoms. The molecule has 0 aromatic heterocycles. The molecule has 3 aromatic carbocycles. The second-order valence-electron chi connectivity index (χ2n) is 6.23. The van der Waals surface area contributed by atoms with Crippen LogP contribution in [0.25, 0.3) is 0 Å². The maximum absolute atomic E-state index is 12.2. The van der Waals surface area contributed by atoms with Crippen molar-refractivity contribution in [3.05, 3.63) is 95.5 Å². The molecule has 0 aliphatic heterocycles. The molecule has 0 bridgehead atoms. The Labute approximate surface area is 172 Å². The zero-order chi connectivity index (χ0) is 19.8. The van der Waals surface area contributed by atoms with Crippen LogP contribution in [0.1, 0.15) is 25.0 Å². The minimum Gasteiger partial charge on any atom is -0.466 e. The number of hydrogen-bond donors (Lipinski definition) is 0. The van der Waals surface area contributed by atoms with Crippen molar-refractivity contribution < 1.29 is 14.0 Å². The number of halogens is 1. The van der Waals surface area contributed by atoms with Gasteiger partial charge in [0, 0.05) is 5.02 Å². The summed E-state index contributed by atoms with van der Waals surface area (Å²) >= 11 is 6.04. The maximum Gasteiger partial charge on any atom is 0.308 e. The van der Waals surface area contributed by atoms with Crippen LogP contribution in [-0.4, -0.2) is 21.6 Å². The summed E-state index contributed by atoms with van der Waals surface area (Å²) in [4.78, 5) is 12.2. The van der Waals surface area contributed by atoms with Crippen molar-refractivity contribution in [3.63, 3.8) is 0 Å².